The molecular weight excluding hydrogens is 387 g/mol. The van der Waals surface area contributed by atoms with Crippen LogP contribution in [-0.2, 0) is 19.1 Å². The largest absolute Gasteiger partial charge is 0.534 e. The summed E-state index contributed by atoms with van der Waals surface area (Å²) >= 11 is 0. The van der Waals surface area contributed by atoms with Crippen LogP contribution in [0, 0.1) is 0 Å². The number of nitrogens with zero attached hydrogens (tertiary/aromatic N) is 1. The van der Waals surface area contributed by atoms with Crippen molar-refractivity contribution in [3.63, 3.8) is 0 Å². The van der Waals surface area contributed by atoms with E-state index in [1.165, 1.54) is 7.11 Å². The van der Waals surface area contributed by atoms with E-state index in [2.05, 4.69) is 4.18 Å². The maximum atomic E-state index is 12.8. The predicted octanol–water partition coefficient (Wildman–Crippen LogP) is 3.06. The van der Waals surface area contributed by atoms with Crippen LogP contribution in [0.15, 0.2) is 30.0 Å². The van der Waals surface area contributed by atoms with E-state index in [1.54, 1.807) is 29.2 Å². The summed E-state index contributed by atoms with van der Waals surface area (Å²) in [7, 11) is -4.32. The third-order valence-corrected chi connectivity index (χ3v) is 5.69. The normalized spacial score (nSPS) is 21.1. The lowest BCUT2D eigenvalue weighted by Gasteiger charge is -2.40. The average Bonchev–Trinajstić information content (AvgIpc) is 2.60. The summed E-state index contributed by atoms with van der Waals surface area (Å²) in [5, 5.41) is 0. The van der Waals surface area contributed by atoms with Crippen molar-refractivity contribution >= 4 is 21.6 Å². The molecule has 2 aliphatic rings. The molecule has 3 rings (SSSR count). The van der Waals surface area contributed by atoms with Gasteiger partial charge in [-0.25, -0.2) is 0 Å². The van der Waals surface area contributed by atoms with Crippen molar-refractivity contribution in [3.8, 4) is 5.75 Å². The summed E-state index contributed by atoms with van der Waals surface area (Å²) in [6, 6.07) is 6.01. The Kier molecular flexibility index (Phi) is 5.11. The molecule has 148 valence electrons. The third-order valence-electron chi connectivity index (χ3n) is 4.71. The van der Waals surface area contributed by atoms with E-state index in [9.17, 15) is 26.4 Å². The highest BCUT2D eigenvalue weighted by atomic mass is 32.2. The van der Waals surface area contributed by atoms with E-state index in [4.69, 9.17) is 4.74 Å². The molecule has 2 aliphatic heterocycles. The molecule has 0 bridgehead atoms. The molecule has 0 radical (unpaired) electrons. The molecule has 0 unspecified atom stereocenters. The maximum Gasteiger partial charge on any atom is 0.534 e. The van der Waals surface area contributed by atoms with E-state index in [0.717, 1.165) is 0 Å². The van der Waals surface area contributed by atoms with Crippen LogP contribution in [0.3, 0.4) is 0 Å². The number of piperidine rings is 1. The molecule has 1 amide bonds. The molecule has 0 saturated carbocycles. The molecule has 10 heteroatoms. The molecule has 1 aromatic carbocycles. The number of amides is 1. The SMILES string of the molecule is COc1ccc(C2=C(OS(=O)(=O)C(F)(F)F)C[C@@H]3CCCC(=O)N3C2)cc1. The number of hydrogen-bond acceptors (Lipinski definition) is 5. The van der Waals surface area contributed by atoms with E-state index >= 15 is 0 Å². The van der Waals surface area contributed by atoms with Gasteiger partial charge in [-0.2, -0.15) is 21.6 Å². The second kappa shape index (κ2) is 7.06. The van der Waals surface area contributed by atoms with Crippen LogP contribution in [-0.4, -0.2) is 44.4 Å². The van der Waals surface area contributed by atoms with Crippen LogP contribution < -0.4 is 4.74 Å². The lowest BCUT2D eigenvalue weighted by molar-refractivity contribution is -0.136. The lowest BCUT2D eigenvalue weighted by atomic mass is 9.90. The Labute approximate surface area is 154 Å². The molecule has 6 nitrogen and oxygen atoms in total. The van der Waals surface area contributed by atoms with Gasteiger partial charge < -0.3 is 13.8 Å². The van der Waals surface area contributed by atoms with Crippen LogP contribution in [0.25, 0.3) is 5.57 Å². The van der Waals surface area contributed by atoms with Gasteiger partial charge in [0.15, 0.2) is 0 Å². The van der Waals surface area contributed by atoms with Gasteiger partial charge in [0.25, 0.3) is 0 Å². The van der Waals surface area contributed by atoms with Crippen molar-refractivity contribution in [2.75, 3.05) is 13.7 Å². The first-order chi connectivity index (χ1) is 12.6. The van der Waals surface area contributed by atoms with E-state index in [-0.39, 0.29) is 36.2 Å². The molecule has 0 spiro atoms. The molecule has 0 aromatic heterocycles. The van der Waals surface area contributed by atoms with Crippen LogP contribution in [0.5, 0.6) is 5.75 Å². The van der Waals surface area contributed by atoms with Gasteiger partial charge in [0.05, 0.1) is 7.11 Å². The summed E-state index contributed by atoms with van der Waals surface area (Å²) in [6.07, 6.45) is 1.48. The molecule has 1 atom stereocenters. The van der Waals surface area contributed by atoms with Crippen LogP contribution in [0.2, 0.25) is 0 Å². The highest BCUT2D eigenvalue weighted by Crippen LogP contribution is 2.38. The van der Waals surface area contributed by atoms with Crippen molar-refractivity contribution in [3.05, 3.63) is 35.6 Å². The fraction of sp³-hybridized carbons (Fsp3) is 0.471. The molecule has 1 saturated heterocycles. The van der Waals surface area contributed by atoms with Crippen molar-refractivity contribution in [1.82, 2.24) is 4.90 Å². The third kappa shape index (κ3) is 3.90. The molecular formula is C17H18F3NO5S. The van der Waals surface area contributed by atoms with Gasteiger partial charge in [-0.3, -0.25) is 4.79 Å². The monoisotopic (exact) mass is 405 g/mol. The van der Waals surface area contributed by atoms with Crippen molar-refractivity contribution in [2.24, 2.45) is 0 Å². The van der Waals surface area contributed by atoms with Gasteiger partial charge >= 0.3 is 15.6 Å². The fourth-order valence-corrected chi connectivity index (χ4v) is 3.85. The zero-order chi connectivity index (χ0) is 19.8. The fourth-order valence-electron chi connectivity index (χ4n) is 3.33. The Morgan fingerprint density at radius 1 is 1.19 bits per heavy atom. The number of hydrogen-bond donors (Lipinski definition) is 0. The van der Waals surface area contributed by atoms with Gasteiger partial charge in [0, 0.05) is 31.0 Å². The predicted molar refractivity (Wildman–Crippen MR) is 89.9 cm³/mol. The summed E-state index contributed by atoms with van der Waals surface area (Å²) in [4.78, 5) is 13.8. The summed E-state index contributed by atoms with van der Waals surface area (Å²) in [5.41, 5.74) is -4.80. The van der Waals surface area contributed by atoms with Gasteiger partial charge in [-0.15, -0.1) is 0 Å². The minimum absolute atomic E-state index is 0.00145. The zero-order valence-corrected chi connectivity index (χ0v) is 15.3. The topological polar surface area (TPSA) is 72.9 Å². The number of carbonyl (C=O) groups is 1. The maximum absolute atomic E-state index is 12.8. The quantitative estimate of drug-likeness (QED) is 0.569. The first kappa shape index (κ1) is 19.5. The lowest BCUT2D eigenvalue weighted by Crippen LogP contribution is -2.47. The summed E-state index contributed by atoms with van der Waals surface area (Å²) in [6.45, 7) is -0.00145. The second-order valence-corrected chi connectivity index (χ2v) is 7.92. The first-order valence-corrected chi connectivity index (χ1v) is 9.70. The molecule has 0 aliphatic carbocycles. The van der Waals surface area contributed by atoms with Crippen LogP contribution in [0.4, 0.5) is 13.2 Å². The number of rotatable bonds is 4. The number of ether oxygens (including phenoxy) is 1. The first-order valence-electron chi connectivity index (χ1n) is 8.29. The van der Waals surface area contributed by atoms with Crippen molar-refractivity contribution < 1.29 is 35.3 Å². The molecule has 0 N–H and O–H groups in total. The average molecular weight is 405 g/mol. The Bertz CT molecular complexity index is 862. The van der Waals surface area contributed by atoms with Crippen molar-refractivity contribution in [1.29, 1.82) is 0 Å². The van der Waals surface area contributed by atoms with Gasteiger partial charge in [-0.1, -0.05) is 12.1 Å². The molecule has 1 fully saturated rings. The Hall–Kier alpha value is -2.23. The van der Waals surface area contributed by atoms with Gasteiger partial charge in [0.2, 0.25) is 5.91 Å². The Morgan fingerprint density at radius 2 is 1.85 bits per heavy atom. The summed E-state index contributed by atoms with van der Waals surface area (Å²) < 4.78 is 71.0. The molecule has 27 heavy (non-hydrogen) atoms. The summed E-state index contributed by atoms with van der Waals surface area (Å²) in [5.74, 6) is 0.163. The number of fused-ring (bicyclic) bond motifs is 1. The van der Waals surface area contributed by atoms with E-state index in [1.807, 2.05) is 0 Å². The molecule has 1 aromatic rings. The van der Waals surface area contributed by atoms with E-state index in [0.29, 0.717) is 30.6 Å². The Balaban J connectivity index is 2.04. The minimum atomic E-state index is -5.79. The zero-order valence-electron chi connectivity index (χ0n) is 14.5. The smallest absolute Gasteiger partial charge is 0.497 e. The minimum Gasteiger partial charge on any atom is -0.497 e. The highest BCUT2D eigenvalue weighted by Gasteiger charge is 2.50. The van der Waals surface area contributed by atoms with Crippen LogP contribution in [0.1, 0.15) is 31.2 Å². The number of carbonyl (C=O) groups excluding carboxylic acids is 1. The van der Waals surface area contributed by atoms with Gasteiger partial charge in [0.1, 0.15) is 11.5 Å². The number of alkyl halides is 3. The van der Waals surface area contributed by atoms with E-state index < -0.39 is 15.6 Å². The number of methoxy groups -OCH3 is 1. The van der Waals surface area contributed by atoms with Gasteiger partial charge in [-0.05, 0) is 30.5 Å². The number of benzene rings is 1. The Morgan fingerprint density at radius 3 is 2.44 bits per heavy atom. The standard InChI is InChI=1S/C17H18F3NO5S/c1-25-13-7-5-11(6-8-13)14-10-21-12(3-2-4-16(21)22)9-15(14)26-27(23,24)17(18,19)20/h5-8,12H,2-4,9-10H2,1H3/t12-/m0/s1. The van der Waals surface area contributed by atoms with Crippen molar-refractivity contribution in [2.45, 2.75) is 37.2 Å². The molecule has 2 heterocycles. The highest BCUT2D eigenvalue weighted by molar-refractivity contribution is 7.87. The number of halogens is 3. The second-order valence-electron chi connectivity index (χ2n) is 6.39. The van der Waals surface area contributed by atoms with Crippen LogP contribution >= 0.6 is 0 Å².